The van der Waals surface area contributed by atoms with Crippen LogP contribution >= 0.6 is 0 Å². The summed E-state index contributed by atoms with van der Waals surface area (Å²) in [5.41, 5.74) is 7.89. The molecule has 7 heteroatoms. The highest BCUT2D eigenvalue weighted by atomic mass is 16.5. The molecular formula is C18H29N5O2. The first-order valence-electron chi connectivity index (χ1n) is 8.84. The summed E-state index contributed by atoms with van der Waals surface area (Å²) in [6, 6.07) is 7.81. The van der Waals surface area contributed by atoms with Gasteiger partial charge in [0.1, 0.15) is 0 Å². The number of aliphatic imine (C=N–C) groups is 1. The van der Waals surface area contributed by atoms with Gasteiger partial charge >= 0.3 is 0 Å². The first kappa shape index (κ1) is 19.2. The van der Waals surface area contributed by atoms with E-state index in [9.17, 15) is 4.79 Å². The predicted octanol–water partition coefficient (Wildman–Crippen LogP) is 0.814. The molecule has 1 aliphatic rings. The van der Waals surface area contributed by atoms with Gasteiger partial charge in [-0.05, 0) is 30.5 Å². The lowest BCUT2D eigenvalue weighted by atomic mass is 10.1. The van der Waals surface area contributed by atoms with Gasteiger partial charge in [-0.2, -0.15) is 0 Å². The van der Waals surface area contributed by atoms with Crippen molar-refractivity contribution in [3.05, 3.63) is 29.8 Å². The van der Waals surface area contributed by atoms with Crippen molar-refractivity contribution in [3.8, 4) is 0 Å². The molecule has 1 aromatic rings. The van der Waals surface area contributed by atoms with E-state index in [1.807, 2.05) is 24.3 Å². The number of rotatable bonds is 8. The molecule has 2 rings (SSSR count). The van der Waals surface area contributed by atoms with Crippen LogP contribution < -0.4 is 16.4 Å². The van der Waals surface area contributed by atoms with Gasteiger partial charge in [-0.15, -0.1) is 0 Å². The third kappa shape index (κ3) is 8.00. The van der Waals surface area contributed by atoms with E-state index < -0.39 is 0 Å². The van der Waals surface area contributed by atoms with E-state index in [-0.39, 0.29) is 5.91 Å². The molecule has 1 heterocycles. The van der Waals surface area contributed by atoms with Gasteiger partial charge < -0.3 is 21.1 Å². The zero-order valence-corrected chi connectivity index (χ0v) is 15.0. The molecule has 1 aliphatic heterocycles. The van der Waals surface area contributed by atoms with Crippen molar-refractivity contribution in [3.63, 3.8) is 0 Å². The monoisotopic (exact) mass is 347 g/mol. The fraction of sp³-hybridized carbons (Fsp3) is 0.556. The van der Waals surface area contributed by atoms with E-state index in [4.69, 9.17) is 10.5 Å². The number of carbonyl (C=O) groups is 1. The quantitative estimate of drug-likeness (QED) is 0.368. The maximum absolute atomic E-state index is 11.0. The lowest BCUT2D eigenvalue weighted by Crippen LogP contribution is -2.37. The van der Waals surface area contributed by atoms with E-state index in [0.717, 1.165) is 64.5 Å². The molecule has 1 saturated heterocycles. The standard InChI is InChI=1S/C18H29N5O2/c1-15(24)22-17-5-3-16(4-6-17)7-9-21-18(19)20-8-2-10-23-11-13-25-14-12-23/h3-6H,2,7-14H2,1H3,(H,22,24)(H3,19,20,21). The average molecular weight is 347 g/mol. The number of nitrogens with one attached hydrogen (secondary N) is 2. The second kappa shape index (κ2) is 10.7. The highest BCUT2D eigenvalue weighted by molar-refractivity contribution is 5.88. The Labute approximate surface area is 149 Å². The van der Waals surface area contributed by atoms with Crippen molar-refractivity contribution in [1.82, 2.24) is 10.2 Å². The summed E-state index contributed by atoms with van der Waals surface area (Å²) in [5, 5.41) is 5.90. The fourth-order valence-electron chi connectivity index (χ4n) is 2.67. The van der Waals surface area contributed by atoms with Crippen molar-refractivity contribution in [2.75, 3.05) is 51.3 Å². The Balaban J connectivity index is 1.59. The molecular weight excluding hydrogens is 318 g/mol. The third-order valence-corrected chi connectivity index (χ3v) is 4.01. The second-order valence-corrected chi connectivity index (χ2v) is 6.13. The number of hydrogen-bond donors (Lipinski definition) is 3. The Bertz CT molecular complexity index is 553. The molecule has 0 aliphatic carbocycles. The summed E-state index contributed by atoms with van der Waals surface area (Å²) in [5.74, 6) is 0.434. The molecule has 0 spiro atoms. The third-order valence-electron chi connectivity index (χ3n) is 4.01. The number of guanidine groups is 1. The molecule has 138 valence electrons. The van der Waals surface area contributed by atoms with Crippen molar-refractivity contribution in [1.29, 1.82) is 0 Å². The van der Waals surface area contributed by atoms with E-state index >= 15 is 0 Å². The summed E-state index contributed by atoms with van der Waals surface area (Å²) >= 11 is 0. The number of hydrogen-bond acceptors (Lipinski definition) is 4. The Morgan fingerprint density at radius 1 is 1.28 bits per heavy atom. The van der Waals surface area contributed by atoms with E-state index in [2.05, 4.69) is 20.5 Å². The second-order valence-electron chi connectivity index (χ2n) is 6.13. The molecule has 0 unspecified atom stereocenters. The molecule has 0 atom stereocenters. The van der Waals surface area contributed by atoms with Crippen molar-refractivity contribution in [2.45, 2.75) is 19.8 Å². The highest BCUT2D eigenvalue weighted by Crippen LogP contribution is 2.09. The van der Waals surface area contributed by atoms with Crippen molar-refractivity contribution in [2.24, 2.45) is 10.7 Å². The van der Waals surface area contributed by atoms with Crippen molar-refractivity contribution >= 4 is 17.6 Å². The number of carbonyl (C=O) groups excluding carboxylic acids is 1. The maximum Gasteiger partial charge on any atom is 0.221 e. The van der Waals surface area contributed by atoms with Gasteiger partial charge in [0.2, 0.25) is 5.91 Å². The lowest BCUT2D eigenvalue weighted by molar-refractivity contribution is -0.114. The van der Waals surface area contributed by atoms with E-state index in [0.29, 0.717) is 5.96 Å². The Morgan fingerprint density at radius 3 is 2.68 bits per heavy atom. The van der Waals surface area contributed by atoms with Gasteiger partial charge in [-0.3, -0.25) is 14.7 Å². The number of amides is 1. The minimum Gasteiger partial charge on any atom is -0.379 e. The van der Waals surface area contributed by atoms with Gasteiger partial charge in [-0.25, -0.2) is 0 Å². The van der Waals surface area contributed by atoms with E-state index in [1.54, 1.807) is 0 Å². The molecule has 0 bridgehead atoms. The van der Waals surface area contributed by atoms with Gasteiger partial charge in [0.05, 0.1) is 13.2 Å². The number of nitrogens with zero attached hydrogens (tertiary/aromatic N) is 2. The average Bonchev–Trinajstić information content (AvgIpc) is 2.61. The molecule has 0 saturated carbocycles. The van der Waals surface area contributed by atoms with Crippen LogP contribution in [0, 0.1) is 0 Å². The van der Waals surface area contributed by atoms with Gasteiger partial charge in [0, 0.05) is 45.3 Å². The lowest BCUT2D eigenvalue weighted by Gasteiger charge is -2.26. The SMILES string of the molecule is CC(=O)Nc1ccc(CCNC(N)=NCCCN2CCOCC2)cc1. The molecule has 0 radical (unpaired) electrons. The van der Waals surface area contributed by atoms with Gasteiger partial charge in [0.15, 0.2) is 5.96 Å². The predicted molar refractivity (Wildman–Crippen MR) is 101 cm³/mol. The smallest absolute Gasteiger partial charge is 0.221 e. The van der Waals surface area contributed by atoms with Gasteiger partial charge in [-0.1, -0.05) is 12.1 Å². The Kier molecular flexibility index (Phi) is 8.21. The Hall–Kier alpha value is -2.12. The number of benzene rings is 1. The largest absolute Gasteiger partial charge is 0.379 e. The molecule has 1 amide bonds. The van der Waals surface area contributed by atoms with Crippen LogP contribution in [0.1, 0.15) is 18.9 Å². The van der Waals surface area contributed by atoms with Crippen LogP contribution in [-0.4, -0.2) is 62.7 Å². The first-order chi connectivity index (χ1) is 12.1. The zero-order chi connectivity index (χ0) is 17.9. The molecule has 1 fully saturated rings. The number of nitrogens with two attached hydrogens (primary N) is 1. The van der Waals surface area contributed by atoms with E-state index in [1.165, 1.54) is 12.5 Å². The molecule has 25 heavy (non-hydrogen) atoms. The maximum atomic E-state index is 11.0. The molecule has 7 nitrogen and oxygen atoms in total. The fourth-order valence-corrected chi connectivity index (χ4v) is 2.67. The molecule has 4 N–H and O–H groups in total. The normalized spacial score (nSPS) is 15.8. The first-order valence-corrected chi connectivity index (χ1v) is 8.84. The van der Waals surface area contributed by atoms with Crippen LogP contribution in [0.2, 0.25) is 0 Å². The number of morpholine rings is 1. The summed E-state index contributed by atoms with van der Waals surface area (Å²) in [6.07, 6.45) is 1.86. The molecule has 1 aromatic carbocycles. The molecule has 0 aromatic heterocycles. The summed E-state index contributed by atoms with van der Waals surface area (Å²) < 4.78 is 5.33. The van der Waals surface area contributed by atoms with Crippen LogP contribution in [0.4, 0.5) is 5.69 Å². The van der Waals surface area contributed by atoms with Crippen LogP contribution in [-0.2, 0) is 16.0 Å². The summed E-state index contributed by atoms with van der Waals surface area (Å²) in [6.45, 7) is 7.70. The highest BCUT2D eigenvalue weighted by Gasteiger charge is 2.08. The minimum atomic E-state index is -0.0629. The van der Waals surface area contributed by atoms with Crippen LogP contribution in [0.5, 0.6) is 0 Å². The van der Waals surface area contributed by atoms with Gasteiger partial charge in [0.25, 0.3) is 0 Å². The summed E-state index contributed by atoms with van der Waals surface area (Å²) in [4.78, 5) is 17.7. The zero-order valence-electron chi connectivity index (χ0n) is 15.0. The van der Waals surface area contributed by atoms with Crippen molar-refractivity contribution < 1.29 is 9.53 Å². The summed E-state index contributed by atoms with van der Waals surface area (Å²) in [7, 11) is 0. The topological polar surface area (TPSA) is 92.0 Å². The minimum absolute atomic E-state index is 0.0629. The van der Waals surface area contributed by atoms with Crippen LogP contribution in [0.3, 0.4) is 0 Å². The van der Waals surface area contributed by atoms with Crippen LogP contribution in [0.25, 0.3) is 0 Å². The number of ether oxygens (including phenoxy) is 1. The number of anilines is 1. The Morgan fingerprint density at radius 2 is 2.00 bits per heavy atom. The van der Waals surface area contributed by atoms with Crippen LogP contribution in [0.15, 0.2) is 29.3 Å².